The van der Waals surface area contributed by atoms with E-state index in [9.17, 15) is 22.8 Å². The number of halogens is 3. The predicted octanol–water partition coefficient (Wildman–Crippen LogP) is 4.97. The summed E-state index contributed by atoms with van der Waals surface area (Å²) in [5, 5.41) is 14.9. The van der Waals surface area contributed by atoms with E-state index in [1.54, 1.807) is 36.7 Å². The molecule has 3 aromatic heterocycles. The van der Waals surface area contributed by atoms with E-state index in [4.69, 9.17) is 0 Å². The third-order valence-electron chi connectivity index (χ3n) is 6.40. The number of amides is 2. The molecular formula is C28H26F3N7O3S. The molecule has 10 nitrogen and oxygen atoms in total. The Bertz CT molecular complexity index is 1520. The maximum absolute atomic E-state index is 12.5. The summed E-state index contributed by atoms with van der Waals surface area (Å²) in [5.41, 5.74) is 1.96. The van der Waals surface area contributed by atoms with Crippen LogP contribution in [0.4, 0.5) is 29.8 Å². The summed E-state index contributed by atoms with van der Waals surface area (Å²) in [5.74, 6) is -0.461. The minimum Gasteiger partial charge on any atom is -0.406 e. The van der Waals surface area contributed by atoms with Crippen LogP contribution in [0.5, 0.6) is 5.75 Å². The second-order valence-electron chi connectivity index (χ2n) is 9.60. The lowest BCUT2D eigenvalue weighted by atomic mass is 9.98. The molecule has 1 aliphatic rings. The Balaban J connectivity index is 1.13. The average molecular weight is 598 g/mol. The standard InChI is InChI=1S/C28H26F3N7O3S/c29-28(30,31)41-22-8-3-5-18(13-22)14-24(39)35-27-37-36-26(42-27)19-6-4-12-38(17-19)21-9-10-23(33-16-21)34-25(40)15-20-7-1-2-11-32-20/h1-3,5,7-11,13,16,19H,4,6,12,14-15,17H2,(H,33,34,40)(H,35,37,39). The van der Waals surface area contributed by atoms with Gasteiger partial charge in [-0.05, 0) is 54.8 Å². The summed E-state index contributed by atoms with van der Waals surface area (Å²) in [7, 11) is 0. The highest BCUT2D eigenvalue weighted by atomic mass is 32.1. The van der Waals surface area contributed by atoms with Gasteiger partial charge in [0, 0.05) is 30.9 Å². The Kier molecular flexibility index (Phi) is 8.91. The van der Waals surface area contributed by atoms with E-state index in [1.807, 2.05) is 12.1 Å². The lowest BCUT2D eigenvalue weighted by molar-refractivity contribution is -0.274. The highest BCUT2D eigenvalue weighted by molar-refractivity contribution is 7.15. The molecule has 1 atom stereocenters. The molecule has 4 aromatic rings. The zero-order chi connectivity index (χ0) is 29.5. The number of pyridine rings is 2. The lowest BCUT2D eigenvalue weighted by Crippen LogP contribution is -2.34. The van der Waals surface area contributed by atoms with Crippen LogP contribution in [-0.4, -0.2) is 51.4 Å². The fourth-order valence-electron chi connectivity index (χ4n) is 4.57. The van der Waals surface area contributed by atoms with Crippen LogP contribution < -0.4 is 20.3 Å². The molecule has 2 amide bonds. The summed E-state index contributed by atoms with van der Waals surface area (Å²) < 4.78 is 41.4. The number of hydrogen-bond donors (Lipinski definition) is 2. The van der Waals surface area contributed by atoms with Crippen molar-refractivity contribution in [3.05, 3.63) is 83.3 Å². The number of anilines is 3. The van der Waals surface area contributed by atoms with Crippen LogP contribution in [-0.2, 0) is 22.4 Å². The first-order valence-electron chi connectivity index (χ1n) is 13.1. The quantitative estimate of drug-likeness (QED) is 0.277. The molecule has 1 unspecified atom stereocenters. The molecule has 0 bridgehead atoms. The van der Waals surface area contributed by atoms with Gasteiger partial charge < -0.3 is 20.3 Å². The van der Waals surface area contributed by atoms with Gasteiger partial charge >= 0.3 is 6.36 Å². The van der Waals surface area contributed by atoms with Crippen molar-refractivity contribution in [2.24, 2.45) is 0 Å². The minimum absolute atomic E-state index is 0.0934. The third kappa shape index (κ3) is 8.22. The fraction of sp³-hybridized carbons (Fsp3) is 0.286. The number of alkyl halides is 3. The van der Waals surface area contributed by atoms with Crippen molar-refractivity contribution in [3.8, 4) is 5.75 Å². The van der Waals surface area contributed by atoms with Gasteiger partial charge in [-0.25, -0.2) is 4.98 Å². The van der Waals surface area contributed by atoms with Crippen molar-refractivity contribution in [1.82, 2.24) is 20.2 Å². The number of carbonyl (C=O) groups excluding carboxylic acids is 2. The maximum Gasteiger partial charge on any atom is 0.573 e. The van der Waals surface area contributed by atoms with Gasteiger partial charge in [0.15, 0.2) is 0 Å². The number of nitrogens with zero attached hydrogens (tertiary/aromatic N) is 5. The molecule has 1 aromatic carbocycles. The van der Waals surface area contributed by atoms with Crippen molar-refractivity contribution in [2.45, 2.75) is 38.0 Å². The van der Waals surface area contributed by atoms with Gasteiger partial charge in [0.1, 0.15) is 16.6 Å². The first-order chi connectivity index (χ1) is 20.2. The second-order valence-corrected chi connectivity index (χ2v) is 10.6. The Labute approximate surface area is 243 Å². The Morgan fingerprint density at radius 3 is 2.62 bits per heavy atom. The highest BCUT2D eigenvalue weighted by Crippen LogP contribution is 2.33. The second kappa shape index (κ2) is 12.9. The van der Waals surface area contributed by atoms with Gasteiger partial charge in [-0.2, -0.15) is 0 Å². The third-order valence-corrected chi connectivity index (χ3v) is 7.40. The van der Waals surface area contributed by atoms with E-state index in [-0.39, 0.29) is 30.4 Å². The highest BCUT2D eigenvalue weighted by Gasteiger charge is 2.31. The zero-order valence-corrected chi connectivity index (χ0v) is 23.0. The van der Waals surface area contributed by atoms with E-state index >= 15 is 0 Å². The average Bonchev–Trinajstić information content (AvgIpc) is 3.41. The SMILES string of the molecule is O=C(Cc1ccccn1)Nc1ccc(N2CCCC(c3nnc(NC(=O)Cc4cccc(OC(F)(F)F)c4)s3)C2)cn1. The van der Waals surface area contributed by atoms with Gasteiger partial charge in [-0.15, -0.1) is 23.4 Å². The van der Waals surface area contributed by atoms with Crippen molar-refractivity contribution in [1.29, 1.82) is 0 Å². The van der Waals surface area contributed by atoms with Crippen molar-refractivity contribution >= 4 is 39.8 Å². The van der Waals surface area contributed by atoms with Crippen LogP contribution in [0, 0.1) is 0 Å². The zero-order valence-electron chi connectivity index (χ0n) is 22.2. The molecule has 5 rings (SSSR count). The van der Waals surface area contributed by atoms with E-state index in [0.29, 0.717) is 28.8 Å². The minimum atomic E-state index is -4.81. The molecule has 0 saturated carbocycles. The number of carbonyl (C=O) groups is 2. The number of ether oxygens (including phenoxy) is 1. The van der Waals surface area contributed by atoms with E-state index in [2.05, 4.69) is 40.4 Å². The van der Waals surface area contributed by atoms with Gasteiger partial charge in [0.05, 0.1) is 24.7 Å². The molecular weight excluding hydrogens is 571 g/mol. The molecule has 1 saturated heterocycles. The van der Waals surface area contributed by atoms with Crippen LogP contribution in [0.2, 0.25) is 0 Å². The van der Waals surface area contributed by atoms with Crippen LogP contribution in [0.3, 0.4) is 0 Å². The summed E-state index contributed by atoms with van der Waals surface area (Å²) in [6.07, 6.45) is 0.395. The molecule has 1 aliphatic heterocycles. The maximum atomic E-state index is 12.5. The Morgan fingerprint density at radius 2 is 1.86 bits per heavy atom. The summed E-state index contributed by atoms with van der Waals surface area (Å²) in [6, 6.07) is 14.4. The Hall–Kier alpha value is -4.59. The van der Waals surface area contributed by atoms with Gasteiger partial charge in [0.25, 0.3) is 0 Å². The molecule has 1 fully saturated rings. The number of aromatic nitrogens is 4. The van der Waals surface area contributed by atoms with Crippen molar-refractivity contribution in [2.75, 3.05) is 28.6 Å². The normalized spacial score (nSPS) is 15.2. The summed E-state index contributed by atoms with van der Waals surface area (Å²) >= 11 is 1.27. The monoisotopic (exact) mass is 597 g/mol. The van der Waals surface area contributed by atoms with Crippen LogP contribution in [0.1, 0.15) is 35.0 Å². The van der Waals surface area contributed by atoms with Gasteiger partial charge in [0.2, 0.25) is 16.9 Å². The molecule has 0 aliphatic carbocycles. The summed E-state index contributed by atoms with van der Waals surface area (Å²) in [6.45, 7) is 1.52. The molecule has 0 spiro atoms. The topological polar surface area (TPSA) is 122 Å². The molecule has 218 valence electrons. The fourth-order valence-corrected chi connectivity index (χ4v) is 5.45. The Morgan fingerprint density at radius 1 is 1.00 bits per heavy atom. The van der Waals surface area contributed by atoms with Gasteiger partial charge in [-0.3, -0.25) is 14.6 Å². The van der Waals surface area contributed by atoms with Crippen molar-refractivity contribution in [3.63, 3.8) is 0 Å². The number of rotatable bonds is 9. The molecule has 42 heavy (non-hydrogen) atoms. The predicted molar refractivity (Wildman–Crippen MR) is 150 cm³/mol. The largest absolute Gasteiger partial charge is 0.573 e. The van der Waals surface area contributed by atoms with Gasteiger partial charge in [-0.1, -0.05) is 29.5 Å². The number of nitrogens with one attached hydrogen (secondary N) is 2. The first kappa shape index (κ1) is 28.9. The number of benzene rings is 1. The lowest BCUT2D eigenvalue weighted by Gasteiger charge is -2.33. The smallest absolute Gasteiger partial charge is 0.406 e. The first-order valence-corrected chi connectivity index (χ1v) is 13.9. The number of piperidine rings is 1. The molecule has 14 heteroatoms. The molecule has 2 N–H and O–H groups in total. The summed E-state index contributed by atoms with van der Waals surface area (Å²) in [4.78, 5) is 35.6. The van der Waals surface area contributed by atoms with E-state index in [0.717, 1.165) is 30.1 Å². The van der Waals surface area contributed by atoms with E-state index in [1.165, 1.54) is 29.5 Å². The van der Waals surface area contributed by atoms with Crippen LogP contribution >= 0.6 is 11.3 Å². The van der Waals surface area contributed by atoms with E-state index < -0.39 is 12.3 Å². The number of hydrogen-bond acceptors (Lipinski definition) is 9. The van der Waals surface area contributed by atoms with Crippen LogP contribution in [0.25, 0.3) is 0 Å². The molecule has 4 heterocycles. The molecule has 0 radical (unpaired) electrons. The van der Waals surface area contributed by atoms with Crippen molar-refractivity contribution < 1.29 is 27.5 Å². The van der Waals surface area contributed by atoms with Crippen LogP contribution in [0.15, 0.2) is 67.0 Å².